The van der Waals surface area contributed by atoms with Gasteiger partial charge in [-0.15, -0.1) is 0 Å². The van der Waals surface area contributed by atoms with Gasteiger partial charge in [0.15, 0.2) is 5.75 Å². The second-order valence-electron chi connectivity index (χ2n) is 5.08. The Morgan fingerprint density at radius 2 is 2.04 bits per heavy atom. The summed E-state index contributed by atoms with van der Waals surface area (Å²) < 4.78 is 5.43. The van der Waals surface area contributed by atoms with E-state index in [2.05, 4.69) is 10.5 Å². The molecule has 8 nitrogen and oxygen atoms in total. The van der Waals surface area contributed by atoms with Gasteiger partial charge in [0.25, 0.3) is 5.91 Å². The predicted molar refractivity (Wildman–Crippen MR) is 92.0 cm³/mol. The molecule has 0 radical (unpaired) electrons. The minimum absolute atomic E-state index is 0.369. The smallest absolute Gasteiger partial charge is 0.311 e. The number of rotatable bonds is 7. The van der Waals surface area contributed by atoms with Crippen LogP contribution in [0.15, 0.2) is 47.6 Å². The van der Waals surface area contributed by atoms with E-state index >= 15 is 0 Å². The Morgan fingerprint density at radius 1 is 1.32 bits per heavy atom. The van der Waals surface area contributed by atoms with Crippen molar-refractivity contribution in [1.29, 1.82) is 0 Å². The van der Waals surface area contributed by atoms with Gasteiger partial charge in [0, 0.05) is 17.2 Å². The average molecular weight is 343 g/mol. The summed E-state index contributed by atoms with van der Waals surface area (Å²) in [6, 6.07) is 10.4. The van der Waals surface area contributed by atoms with E-state index in [1.165, 1.54) is 18.3 Å². The minimum atomic E-state index is -0.701. The van der Waals surface area contributed by atoms with Crippen LogP contribution < -0.4 is 10.2 Å². The number of carbonyl (C=O) groups is 1. The van der Waals surface area contributed by atoms with E-state index in [0.29, 0.717) is 23.5 Å². The normalized spacial score (nSPS) is 10.6. The van der Waals surface area contributed by atoms with Crippen molar-refractivity contribution in [2.75, 3.05) is 6.61 Å². The first kappa shape index (κ1) is 17.9. The maximum Gasteiger partial charge on any atom is 0.311 e. The number of nitrogens with one attached hydrogen (secondary N) is 1. The van der Waals surface area contributed by atoms with E-state index in [0.717, 1.165) is 12.5 Å². The maximum atomic E-state index is 12.0. The van der Waals surface area contributed by atoms with Crippen molar-refractivity contribution < 1.29 is 19.6 Å². The highest BCUT2D eigenvalue weighted by Crippen LogP contribution is 2.25. The largest absolute Gasteiger partial charge is 0.502 e. The number of phenolic OH excluding ortho intramolecular Hbond substituents is 1. The molecule has 0 saturated carbocycles. The van der Waals surface area contributed by atoms with Crippen LogP contribution in [0.5, 0.6) is 11.5 Å². The number of amides is 1. The highest BCUT2D eigenvalue weighted by molar-refractivity contribution is 5.95. The van der Waals surface area contributed by atoms with Crippen molar-refractivity contribution in [3.05, 3.63) is 63.7 Å². The Labute approximate surface area is 143 Å². The van der Waals surface area contributed by atoms with Gasteiger partial charge >= 0.3 is 5.69 Å². The molecule has 0 aliphatic rings. The molecule has 0 saturated heterocycles. The Kier molecular flexibility index (Phi) is 6.05. The van der Waals surface area contributed by atoms with E-state index in [1.54, 1.807) is 24.3 Å². The molecule has 0 aliphatic carbocycles. The molecule has 2 N–H and O–H groups in total. The first-order valence-corrected chi connectivity index (χ1v) is 7.55. The molecule has 1 amide bonds. The zero-order valence-corrected chi connectivity index (χ0v) is 13.5. The number of hydrogen-bond donors (Lipinski definition) is 2. The molecule has 0 unspecified atom stereocenters. The van der Waals surface area contributed by atoms with Crippen molar-refractivity contribution in [2.24, 2.45) is 5.10 Å². The van der Waals surface area contributed by atoms with Crippen molar-refractivity contribution in [3.63, 3.8) is 0 Å². The van der Waals surface area contributed by atoms with E-state index < -0.39 is 22.3 Å². The molecule has 2 aromatic rings. The minimum Gasteiger partial charge on any atom is -0.502 e. The zero-order valence-electron chi connectivity index (χ0n) is 13.5. The lowest BCUT2D eigenvalue weighted by Gasteiger charge is -2.05. The van der Waals surface area contributed by atoms with E-state index in [-0.39, 0.29) is 0 Å². The van der Waals surface area contributed by atoms with E-state index in [9.17, 15) is 20.0 Å². The number of ether oxygens (including phenoxy) is 1. The van der Waals surface area contributed by atoms with Gasteiger partial charge in [-0.1, -0.05) is 6.92 Å². The van der Waals surface area contributed by atoms with Gasteiger partial charge in [-0.2, -0.15) is 5.10 Å². The Morgan fingerprint density at radius 3 is 2.68 bits per heavy atom. The first-order chi connectivity index (χ1) is 12.0. The number of nitro groups is 1. The van der Waals surface area contributed by atoms with Crippen LogP contribution in [-0.4, -0.2) is 28.8 Å². The van der Waals surface area contributed by atoms with Crippen molar-refractivity contribution in [1.82, 2.24) is 5.43 Å². The van der Waals surface area contributed by atoms with Gasteiger partial charge < -0.3 is 9.84 Å². The van der Waals surface area contributed by atoms with Crippen molar-refractivity contribution in [2.45, 2.75) is 13.3 Å². The number of phenols is 1. The Balaban J connectivity index is 1.98. The Bertz CT molecular complexity index is 787. The highest BCUT2D eigenvalue weighted by atomic mass is 16.6. The standard InChI is InChI=1S/C17H17N3O5/c1-2-9-25-14-6-4-13(5-7-14)17(22)19-18-11-12-3-8-16(21)15(10-12)20(23)24/h3-8,10-11,21H,2,9H2,1H3,(H,19,22)/b18-11-. The average Bonchev–Trinajstić information content (AvgIpc) is 2.61. The molecule has 2 rings (SSSR count). The second kappa shape index (κ2) is 8.44. The molecule has 0 bridgehead atoms. The molecular weight excluding hydrogens is 326 g/mol. The lowest BCUT2D eigenvalue weighted by molar-refractivity contribution is -0.385. The van der Waals surface area contributed by atoms with E-state index in [4.69, 9.17) is 4.74 Å². The zero-order chi connectivity index (χ0) is 18.2. The number of nitrogens with zero attached hydrogens (tertiary/aromatic N) is 2. The van der Waals surface area contributed by atoms with Gasteiger partial charge in [0.05, 0.1) is 17.7 Å². The fourth-order valence-corrected chi connectivity index (χ4v) is 1.92. The summed E-state index contributed by atoms with van der Waals surface area (Å²) in [5, 5.41) is 23.9. The topological polar surface area (TPSA) is 114 Å². The molecule has 0 aromatic heterocycles. The molecule has 8 heteroatoms. The molecule has 0 aliphatic heterocycles. The van der Waals surface area contributed by atoms with Crippen molar-refractivity contribution in [3.8, 4) is 11.5 Å². The van der Waals surface area contributed by atoms with Crippen LogP contribution in [0.2, 0.25) is 0 Å². The number of benzene rings is 2. The maximum absolute atomic E-state index is 12.0. The van der Waals surface area contributed by atoms with Crippen LogP contribution in [0.3, 0.4) is 0 Å². The fraction of sp³-hybridized carbons (Fsp3) is 0.176. The first-order valence-electron chi connectivity index (χ1n) is 7.55. The summed E-state index contributed by atoms with van der Waals surface area (Å²) in [7, 11) is 0. The van der Waals surface area contributed by atoms with Crippen molar-refractivity contribution >= 4 is 17.8 Å². The molecule has 2 aromatic carbocycles. The predicted octanol–water partition coefficient (Wildman–Crippen LogP) is 2.85. The quantitative estimate of drug-likeness (QED) is 0.456. The summed E-state index contributed by atoms with van der Waals surface area (Å²) in [5.74, 6) is -0.179. The van der Waals surface area contributed by atoms with Gasteiger partial charge in [0.2, 0.25) is 0 Å². The monoisotopic (exact) mass is 343 g/mol. The van der Waals surface area contributed by atoms with Crippen LogP contribution in [0.1, 0.15) is 29.3 Å². The summed E-state index contributed by atoms with van der Waals surface area (Å²) in [5.41, 5.74) is 2.67. The number of aromatic hydroxyl groups is 1. The third-order valence-corrected chi connectivity index (χ3v) is 3.17. The molecule has 130 valence electrons. The molecule has 0 atom stereocenters. The molecule has 25 heavy (non-hydrogen) atoms. The third kappa shape index (κ3) is 5.03. The fourth-order valence-electron chi connectivity index (χ4n) is 1.92. The highest BCUT2D eigenvalue weighted by Gasteiger charge is 2.12. The summed E-state index contributed by atoms with van der Waals surface area (Å²) >= 11 is 0. The lowest BCUT2D eigenvalue weighted by Crippen LogP contribution is -2.17. The molecule has 0 spiro atoms. The third-order valence-electron chi connectivity index (χ3n) is 3.17. The summed E-state index contributed by atoms with van der Waals surface area (Å²) in [4.78, 5) is 22.0. The van der Waals surface area contributed by atoms with Gasteiger partial charge in [-0.3, -0.25) is 14.9 Å². The van der Waals surface area contributed by atoms with Crippen LogP contribution >= 0.6 is 0 Å². The second-order valence-corrected chi connectivity index (χ2v) is 5.08. The summed E-state index contributed by atoms with van der Waals surface area (Å²) in [6.07, 6.45) is 2.15. The van der Waals surface area contributed by atoms with Gasteiger partial charge in [-0.05, 0) is 42.8 Å². The van der Waals surface area contributed by atoms with Crippen LogP contribution in [0, 0.1) is 10.1 Å². The number of hydrogen-bond acceptors (Lipinski definition) is 6. The van der Waals surface area contributed by atoms with Crippen LogP contribution in [-0.2, 0) is 0 Å². The molecular formula is C17H17N3O5. The lowest BCUT2D eigenvalue weighted by atomic mass is 10.2. The van der Waals surface area contributed by atoms with Gasteiger partial charge in [0.1, 0.15) is 5.75 Å². The van der Waals surface area contributed by atoms with E-state index in [1.807, 2.05) is 6.92 Å². The SMILES string of the molecule is CCCOc1ccc(C(=O)N/N=C\c2ccc(O)c([N+](=O)[O-])c2)cc1. The van der Waals surface area contributed by atoms with Crippen LogP contribution in [0.4, 0.5) is 5.69 Å². The Hall–Kier alpha value is -3.42. The molecule has 0 heterocycles. The van der Waals surface area contributed by atoms with Crippen LogP contribution in [0.25, 0.3) is 0 Å². The van der Waals surface area contributed by atoms with Gasteiger partial charge in [-0.25, -0.2) is 5.43 Å². The summed E-state index contributed by atoms with van der Waals surface area (Å²) in [6.45, 7) is 2.61. The number of hydrazone groups is 1. The molecule has 0 fully saturated rings. The number of nitro benzene ring substituents is 1. The number of carbonyl (C=O) groups excluding carboxylic acids is 1.